The number of nitrogens with zero attached hydrogens (tertiary/aromatic N) is 2. The lowest BCUT2D eigenvalue weighted by Crippen LogP contribution is -2.23. The summed E-state index contributed by atoms with van der Waals surface area (Å²) in [5.74, 6) is 0.894. The maximum Gasteiger partial charge on any atom is 0.133 e. The molecule has 1 aromatic rings. The smallest absolute Gasteiger partial charge is 0.133 e. The fraction of sp³-hybridized carbons (Fsp3) is 0.545. The van der Waals surface area contributed by atoms with Crippen LogP contribution in [0.2, 0.25) is 5.15 Å². The molecule has 4 heteroatoms. The van der Waals surface area contributed by atoms with Crippen LogP contribution in [-0.2, 0) is 0 Å². The maximum atomic E-state index is 5.88. The number of nitrogen functional groups attached to an aromatic ring is 1. The van der Waals surface area contributed by atoms with E-state index < -0.39 is 0 Å². The van der Waals surface area contributed by atoms with Crippen molar-refractivity contribution in [2.24, 2.45) is 5.41 Å². The summed E-state index contributed by atoms with van der Waals surface area (Å²) >= 11 is 5.88. The molecule has 2 N–H and O–H groups in total. The summed E-state index contributed by atoms with van der Waals surface area (Å²) in [5, 5.41) is 0.467. The molecule has 1 aromatic heterocycles. The van der Waals surface area contributed by atoms with Gasteiger partial charge < -0.3 is 10.6 Å². The zero-order valence-corrected chi connectivity index (χ0v) is 9.88. The number of rotatable bonds is 1. The van der Waals surface area contributed by atoms with Gasteiger partial charge in [-0.1, -0.05) is 25.4 Å². The van der Waals surface area contributed by atoms with Crippen LogP contribution in [0.1, 0.15) is 20.3 Å². The molecule has 2 heterocycles. The van der Waals surface area contributed by atoms with Crippen molar-refractivity contribution in [3.8, 4) is 0 Å². The van der Waals surface area contributed by atoms with E-state index in [-0.39, 0.29) is 0 Å². The van der Waals surface area contributed by atoms with Crippen LogP contribution in [0.5, 0.6) is 0 Å². The fourth-order valence-electron chi connectivity index (χ4n) is 1.97. The highest BCUT2D eigenvalue weighted by Gasteiger charge is 2.29. The Morgan fingerprint density at radius 1 is 1.47 bits per heavy atom. The Bertz CT molecular complexity index is 356. The highest BCUT2D eigenvalue weighted by atomic mass is 35.5. The van der Waals surface area contributed by atoms with Gasteiger partial charge in [0.25, 0.3) is 0 Å². The van der Waals surface area contributed by atoms with Crippen LogP contribution >= 0.6 is 11.6 Å². The number of pyridine rings is 1. The van der Waals surface area contributed by atoms with Gasteiger partial charge in [0.15, 0.2) is 0 Å². The number of hydrogen-bond acceptors (Lipinski definition) is 3. The van der Waals surface area contributed by atoms with Gasteiger partial charge in [0, 0.05) is 24.8 Å². The Morgan fingerprint density at radius 2 is 2.20 bits per heavy atom. The number of hydrogen-bond donors (Lipinski definition) is 1. The van der Waals surface area contributed by atoms with E-state index in [1.165, 1.54) is 6.42 Å². The number of halogens is 1. The lowest BCUT2D eigenvalue weighted by Gasteiger charge is -2.20. The van der Waals surface area contributed by atoms with Gasteiger partial charge in [-0.05, 0) is 17.9 Å². The van der Waals surface area contributed by atoms with Crippen molar-refractivity contribution >= 4 is 23.1 Å². The first-order valence-corrected chi connectivity index (χ1v) is 5.52. The maximum absolute atomic E-state index is 5.88. The largest absolute Gasteiger partial charge is 0.399 e. The first kappa shape index (κ1) is 10.6. The van der Waals surface area contributed by atoms with Crippen molar-refractivity contribution in [2.75, 3.05) is 23.7 Å². The van der Waals surface area contributed by atoms with Gasteiger partial charge in [0.2, 0.25) is 0 Å². The van der Waals surface area contributed by atoms with Gasteiger partial charge in [0.1, 0.15) is 11.0 Å². The zero-order valence-electron chi connectivity index (χ0n) is 9.13. The molecule has 0 unspecified atom stereocenters. The summed E-state index contributed by atoms with van der Waals surface area (Å²) in [6, 6.07) is 3.56. The normalized spacial score (nSPS) is 19.5. The van der Waals surface area contributed by atoms with E-state index in [2.05, 4.69) is 23.7 Å². The third-order valence-corrected chi connectivity index (χ3v) is 3.00. The number of anilines is 2. The highest BCUT2D eigenvalue weighted by molar-refractivity contribution is 6.29. The molecule has 0 spiro atoms. The van der Waals surface area contributed by atoms with Crippen LogP contribution < -0.4 is 10.6 Å². The van der Waals surface area contributed by atoms with E-state index in [1.54, 1.807) is 6.07 Å². The van der Waals surface area contributed by atoms with Crippen LogP contribution in [-0.4, -0.2) is 18.1 Å². The monoisotopic (exact) mass is 225 g/mol. The predicted molar refractivity (Wildman–Crippen MR) is 64.3 cm³/mol. The fourth-order valence-corrected chi connectivity index (χ4v) is 2.18. The highest BCUT2D eigenvalue weighted by Crippen LogP contribution is 2.32. The SMILES string of the molecule is CC1(C)CCN(c2cc(N)cc(Cl)n2)C1. The molecular weight excluding hydrogens is 210 g/mol. The predicted octanol–water partition coefficient (Wildman–Crippen LogP) is 2.55. The third-order valence-electron chi connectivity index (χ3n) is 2.80. The summed E-state index contributed by atoms with van der Waals surface area (Å²) in [6.45, 7) is 6.57. The van der Waals surface area contributed by atoms with Crippen LogP contribution in [0.25, 0.3) is 0 Å². The van der Waals surface area contributed by atoms with Crippen LogP contribution in [0, 0.1) is 5.41 Å². The summed E-state index contributed by atoms with van der Waals surface area (Å²) in [4.78, 5) is 6.53. The Hall–Kier alpha value is -0.960. The molecule has 0 aliphatic carbocycles. The summed E-state index contributed by atoms with van der Waals surface area (Å²) in [5.41, 5.74) is 6.78. The second-order valence-corrected chi connectivity index (χ2v) is 5.30. The molecule has 2 rings (SSSR count). The molecule has 0 radical (unpaired) electrons. The topological polar surface area (TPSA) is 42.1 Å². The van der Waals surface area contributed by atoms with Crippen LogP contribution in [0.4, 0.5) is 11.5 Å². The van der Waals surface area contributed by atoms with Gasteiger partial charge in [-0.3, -0.25) is 0 Å². The minimum Gasteiger partial charge on any atom is -0.399 e. The van der Waals surface area contributed by atoms with Crippen LogP contribution in [0.3, 0.4) is 0 Å². The zero-order chi connectivity index (χ0) is 11.1. The van der Waals surface area contributed by atoms with E-state index >= 15 is 0 Å². The third kappa shape index (κ3) is 2.34. The molecule has 1 saturated heterocycles. The second kappa shape index (κ2) is 3.56. The molecule has 1 aliphatic rings. The van der Waals surface area contributed by atoms with E-state index in [9.17, 15) is 0 Å². The van der Waals surface area contributed by atoms with E-state index in [0.717, 1.165) is 18.9 Å². The van der Waals surface area contributed by atoms with Gasteiger partial charge in [-0.2, -0.15) is 0 Å². The minimum absolute atomic E-state index is 0.360. The molecule has 0 bridgehead atoms. The molecule has 15 heavy (non-hydrogen) atoms. The summed E-state index contributed by atoms with van der Waals surface area (Å²) in [6.07, 6.45) is 1.18. The lowest BCUT2D eigenvalue weighted by molar-refractivity contribution is 0.418. The Labute approximate surface area is 95.2 Å². The first-order valence-electron chi connectivity index (χ1n) is 5.14. The van der Waals surface area contributed by atoms with Crippen LogP contribution in [0.15, 0.2) is 12.1 Å². The van der Waals surface area contributed by atoms with E-state index in [0.29, 0.717) is 16.3 Å². The molecule has 1 aliphatic heterocycles. The molecular formula is C11H16ClN3. The van der Waals surface area contributed by atoms with Crippen molar-refractivity contribution < 1.29 is 0 Å². The average molecular weight is 226 g/mol. The van der Waals surface area contributed by atoms with Gasteiger partial charge >= 0.3 is 0 Å². The molecule has 82 valence electrons. The van der Waals surface area contributed by atoms with Crippen molar-refractivity contribution in [1.29, 1.82) is 0 Å². The van der Waals surface area contributed by atoms with Crippen molar-refractivity contribution in [3.05, 3.63) is 17.3 Å². The van der Waals surface area contributed by atoms with Gasteiger partial charge in [0.05, 0.1) is 0 Å². The lowest BCUT2D eigenvalue weighted by atomic mass is 9.93. The average Bonchev–Trinajstić information content (AvgIpc) is 2.44. The quantitative estimate of drug-likeness (QED) is 0.747. The number of nitrogens with two attached hydrogens (primary N) is 1. The Morgan fingerprint density at radius 3 is 2.73 bits per heavy atom. The molecule has 0 atom stereocenters. The van der Waals surface area contributed by atoms with Crippen molar-refractivity contribution in [3.63, 3.8) is 0 Å². The molecule has 0 saturated carbocycles. The molecule has 0 aromatic carbocycles. The number of aromatic nitrogens is 1. The summed E-state index contributed by atoms with van der Waals surface area (Å²) in [7, 11) is 0. The van der Waals surface area contributed by atoms with Crippen molar-refractivity contribution in [2.45, 2.75) is 20.3 Å². The molecule has 1 fully saturated rings. The summed E-state index contributed by atoms with van der Waals surface area (Å²) < 4.78 is 0. The van der Waals surface area contributed by atoms with E-state index in [1.807, 2.05) is 6.07 Å². The second-order valence-electron chi connectivity index (χ2n) is 4.92. The Kier molecular flexibility index (Phi) is 2.51. The molecule has 0 amide bonds. The first-order chi connectivity index (χ1) is 6.96. The van der Waals surface area contributed by atoms with E-state index in [4.69, 9.17) is 17.3 Å². The standard InChI is InChI=1S/C11H16ClN3/c1-11(2)3-4-15(7-11)10-6-8(13)5-9(12)14-10/h5-6H,3-4,7H2,1-2H3,(H2,13,14). The minimum atomic E-state index is 0.360. The Balaban J connectivity index is 2.24. The van der Waals surface area contributed by atoms with Crippen molar-refractivity contribution in [1.82, 2.24) is 4.98 Å². The van der Waals surface area contributed by atoms with Gasteiger partial charge in [-0.25, -0.2) is 4.98 Å². The van der Waals surface area contributed by atoms with Gasteiger partial charge in [-0.15, -0.1) is 0 Å². The molecule has 3 nitrogen and oxygen atoms in total.